The van der Waals surface area contributed by atoms with E-state index >= 15 is 0 Å². The summed E-state index contributed by atoms with van der Waals surface area (Å²) in [6, 6.07) is 0. The zero-order valence-corrected chi connectivity index (χ0v) is 9.92. The van der Waals surface area contributed by atoms with Crippen LogP contribution in [0.2, 0.25) is 0 Å². The number of sulfone groups is 1. The fourth-order valence-electron chi connectivity index (χ4n) is 3.19. The van der Waals surface area contributed by atoms with Crippen molar-refractivity contribution < 1.29 is 13.2 Å². The van der Waals surface area contributed by atoms with Gasteiger partial charge in [-0.25, -0.2) is 8.42 Å². The molecule has 0 spiro atoms. The van der Waals surface area contributed by atoms with Crippen molar-refractivity contribution in [2.24, 2.45) is 17.3 Å². The number of carbonyl (C=O) groups is 1. The van der Waals surface area contributed by atoms with Gasteiger partial charge in [0.1, 0.15) is 6.29 Å². The minimum absolute atomic E-state index is 0.0879. The molecule has 1 aliphatic carbocycles. The fourth-order valence-corrected chi connectivity index (χ4v) is 5.11. The van der Waals surface area contributed by atoms with E-state index in [1.54, 1.807) is 0 Å². The average Bonchev–Trinajstić information content (AvgIpc) is 2.70. The Morgan fingerprint density at radius 3 is 2.47 bits per heavy atom. The molecular formula is C11H18O3S. The van der Waals surface area contributed by atoms with Crippen molar-refractivity contribution >= 4 is 16.1 Å². The van der Waals surface area contributed by atoms with Crippen LogP contribution in [0, 0.1) is 17.3 Å². The molecular weight excluding hydrogens is 212 g/mol. The molecule has 0 aromatic carbocycles. The molecule has 15 heavy (non-hydrogen) atoms. The van der Waals surface area contributed by atoms with Gasteiger partial charge in [-0.05, 0) is 37.5 Å². The molecule has 86 valence electrons. The smallest absolute Gasteiger partial charge is 0.150 e. The molecule has 2 rings (SSSR count). The molecule has 0 bridgehead atoms. The molecule has 4 heteroatoms. The van der Waals surface area contributed by atoms with Gasteiger partial charge in [-0.1, -0.05) is 6.92 Å². The molecule has 2 fully saturated rings. The van der Waals surface area contributed by atoms with Crippen molar-refractivity contribution in [3.05, 3.63) is 0 Å². The zero-order valence-electron chi connectivity index (χ0n) is 9.11. The van der Waals surface area contributed by atoms with Crippen molar-refractivity contribution in [3.63, 3.8) is 0 Å². The molecule has 3 nitrogen and oxygen atoms in total. The minimum atomic E-state index is -2.86. The van der Waals surface area contributed by atoms with Gasteiger partial charge in [0, 0.05) is 5.41 Å². The van der Waals surface area contributed by atoms with E-state index < -0.39 is 9.84 Å². The van der Waals surface area contributed by atoms with E-state index in [4.69, 9.17) is 0 Å². The van der Waals surface area contributed by atoms with Crippen LogP contribution in [0.4, 0.5) is 0 Å². The third-order valence-corrected chi connectivity index (χ3v) is 5.88. The summed E-state index contributed by atoms with van der Waals surface area (Å²) in [6.07, 6.45) is 4.57. The van der Waals surface area contributed by atoms with Gasteiger partial charge in [-0.15, -0.1) is 0 Å². The summed E-state index contributed by atoms with van der Waals surface area (Å²) in [4.78, 5) is 11.3. The first kappa shape index (κ1) is 11.1. The molecule has 1 saturated carbocycles. The number of hydrogen-bond acceptors (Lipinski definition) is 3. The highest BCUT2D eigenvalue weighted by molar-refractivity contribution is 7.91. The zero-order chi connectivity index (χ0) is 11.1. The Morgan fingerprint density at radius 1 is 1.33 bits per heavy atom. The molecule has 1 saturated heterocycles. The van der Waals surface area contributed by atoms with Crippen LogP contribution < -0.4 is 0 Å². The van der Waals surface area contributed by atoms with Gasteiger partial charge in [0.2, 0.25) is 0 Å². The van der Waals surface area contributed by atoms with Crippen LogP contribution in [0.5, 0.6) is 0 Å². The summed E-state index contributed by atoms with van der Waals surface area (Å²) in [6.45, 7) is 2.15. The maximum atomic E-state index is 11.4. The van der Waals surface area contributed by atoms with Gasteiger partial charge >= 0.3 is 0 Å². The normalized spacial score (nSPS) is 44.3. The summed E-state index contributed by atoms with van der Waals surface area (Å²) >= 11 is 0. The standard InChI is InChI=1S/C11H18O3S/c1-9-2-4-11(6-9,8-12)10-3-5-15(13,14)7-10/h8-10H,2-7H2,1H3. The van der Waals surface area contributed by atoms with Crippen LogP contribution in [0.3, 0.4) is 0 Å². The topological polar surface area (TPSA) is 51.2 Å². The van der Waals surface area contributed by atoms with E-state index in [-0.39, 0.29) is 22.8 Å². The van der Waals surface area contributed by atoms with Crippen LogP contribution in [-0.2, 0) is 14.6 Å². The Balaban J connectivity index is 2.18. The van der Waals surface area contributed by atoms with Gasteiger partial charge in [0.15, 0.2) is 9.84 Å². The van der Waals surface area contributed by atoms with E-state index in [2.05, 4.69) is 6.92 Å². The summed E-state index contributed by atoms with van der Waals surface area (Å²) in [5.41, 5.74) is -0.316. The Bertz CT molecular complexity index is 360. The maximum Gasteiger partial charge on any atom is 0.150 e. The van der Waals surface area contributed by atoms with Crippen molar-refractivity contribution in [1.29, 1.82) is 0 Å². The van der Waals surface area contributed by atoms with Crippen LogP contribution in [0.1, 0.15) is 32.6 Å². The molecule has 0 aromatic rings. The number of rotatable bonds is 2. The van der Waals surface area contributed by atoms with Crippen LogP contribution >= 0.6 is 0 Å². The highest BCUT2D eigenvalue weighted by atomic mass is 32.2. The lowest BCUT2D eigenvalue weighted by Gasteiger charge is -2.28. The van der Waals surface area contributed by atoms with Crippen LogP contribution in [-0.4, -0.2) is 26.2 Å². The van der Waals surface area contributed by atoms with E-state index in [9.17, 15) is 13.2 Å². The Hall–Kier alpha value is -0.380. The molecule has 1 aliphatic heterocycles. The second-order valence-electron chi connectivity index (χ2n) is 5.30. The first-order valence-corrected chi connectivity index (χ1v) is 7.46. The highest BCUT2D eigenvalue weighted by Gasteiger charge is 2.47. The van der Waals surface area contributed by atoms with Gasteiger partial charge in [0.05, 0.1) is 11.5 Å². The second kappa shape index (κ2) is 3.58. The van der Waals surface area contributed by atoms with E-state index in [0.29, 0.717) is 12.3 Å². The lowest BCUT2D eigenvalue weighted by molar-refractivity contribution is -0.118. The van der Waals surface area contributed by atoms with Gasteiger partial charge in [-0.3, -0.25) is 0 Å². The summed E-state index contributed by atoms with van der Waals surface area (Å²) in [5, 5.41) is 0. The number of aldehydes is 1. The summed E-state index contributed by atoms with van der Waals surface area (Å²) < 4.78 is 22.8. The van der Waals surface area contributed by atoms with Crippen molar-refractivity contribution in [1.82, 2.24) is 0 Å². The molecule has 2 aliphatic rings. The Labute approximate surface area is 91.2 Å². The highest BCUT2D eigenvalue weighted by Crippen LogP contribution is 2.48. The third-order valence-electron chi connectivity index (χ3n) is 4.11. The lowest BCUT2D eigenvalue weighted by atomic mass is 9.74. The Kier molecular flexibility index (Phi) is 2.65. The first-order chi connectivity index (χ1) is 6.97. The third kappa shape index (κ3) is 1.96. The molecule has 3 unspecified atom stereocenters. The fraction of sp³-hybridized carbons (Fsp3) is 0.909. The molecule has 3 atom stereocenters. The Morgan fingerprint density at radius 2 is 2.07 bits per heavy atom. The number of hydrogen-bond donors (Lipinski definition) is 0. The van der Waals surface area contributed by atoms with Crippen LogP contribution in [0.15, 0.2) is 0 Å². The largest absolute Gasteiger partial charge is 0.303 e. The molecule has 0 N–H and O–H groups in total. The average molecular weight is 230 g/mol. The van der Waals surface area contributed by atoms with Crippen molar-refractivity contribution in [2.75, 3.05) is 11.5 Å². The summed E-state index contributed by atoms with van der Waals surface area (Å²) in [5.74, 6) is 1.17. The van der Waals surface area contributed by atoms with Crippen LogP contribution in [0.25, 0.3) is 0 Å². The first-order valence-electron chi connectivity index (χ1n) is 5.64. The van der Waals surface area contributed by atoms with Gasteiger partial charge in [0.25, 0.3) is 0 Å². The SMILES string of the molecule is CC1CCC(C=O)(C2CCS(=O)(=O)C2)C1. The van der Waals surface area contributed by atoms with Crippen molar-refractivity contribution in [3.8, 4) is 0 Å². The maximum absolute atomic E-state index is 11.4. The predicted molar refractivity (Wildman–Crippen MR) is 58.3 cm³/mol. The number of carbonyl (C=O) groups excluding carboxylic acids is 1. The van der Waals surface area contributed by atoms with Gasteiger partial charge in [-0.2, -0.15) is 0 Å². The van der Waals surface area contributed by atoms with E-state index in [1.807, 2.05) is 0 Å². The molecule has 0 radical (unpaired) electrons. The molecule has 0 amide bonds. The van der Waals surface area contributed by atoms with E-state index in [1.165, 1.54) is 0 Å². The minimum Gasteiger partial charge on any atom is -0.303 e. The summed E-state index contributed by atoms with van der Waals surface area (Å²) in [7, 11) is -2.86. The molecule has 0 aromatic heterocycles. The van der Waals surface area contributed by atoms with E-state index in [0.717, 1.165) is 25.5 Å². The lowest BCUT2D eigenvalue weighted by Crippen LogP contribution is -2.30. The second-order valence-corrected chi connectivity index (χ2v) is 7.53. The van der Waals surface area contributed by atoms with Gasteiger partial charge < -0.3 is 4.79 Å². The predicted octanol–water partition coefficient (Wildman–Crippen LogP) is 1.43. The monoisotopic (exact) mass is 230 g/mol. The molecule has 1 heterocycles. The quantitative estimate of drug-likeness (QED) is 0.674. The van der Waals surface area contributed by atoms with Crippen molar-refractivity contribution in [2.45, 2.75) is 32.6 Å².